The summed E-state index contributed by atoms with van der Waals surface area (Å²) in [7, 11) is 0. The number of aromatic nitrogens is 2. The molecule has 1 N–H and O–H groups in total. The molecule has 0 aliphatic heterocycles. The average Bonchev–Trinajstić information content (AvgIpc) is 3.12. The van der Waals surface area contributed by atoms with Crippen molar-refractivity contribution < 1.29 is 13.2 Å². The lowest BCUT2D eigenvalue weighted by molar-refractivity contribution is 0.496. The maximum Gasteiger partial charge on any atom is 0.161 e. The fourth-order valence-corrected chi connectivity index (χ4v) is 1.99. The highest BCUT2D eigenvalue weighted by Gasteiger charge is 2.25. The Morgan fingerprint density at radius 2 is 1.89 bits per heavy atom. The molecule has 1 aromatic carbocycles. The fourth-order valence-electron chi connectivity index (χ4n) is 1.99. The quantitative estimate of drug-likeness (QED) is 0.862. The van der Waals surface area contributed by atoms with Gasteiger partial charge in [0, 0.05) is 24.4 Å². The van der Waals surface area contributed by atoms with Gasteiger partial charge in [0.05, 0.1) is 24.3 Å². The van der Waals surface area contributed by atoms with Gasteiger partial charge in [-0.2, -0.15) is 0 Å². The summed E-state index contributed by atoms with van der Waals surface area (Å²) in [5.74, 6) is -3.07. The normalized spacial score (nSPS) is 14.7. The van der Waals surface area contributed by atoms with Crippen molar-refractivity contribution in [3.8, 4) is 0 Å². The Hall–Kier alpha value is -1.98. The number of nitrogens with one attached hydrogen (secondary N) is 1. The van der Waals surface area contributed by atoms with Crippen LogP contribution in [0.25, 0.3) is 0 Å². The summed E-state index contributed by atoms with van der Waals surface area (Å²) in [5, 5.41) is 2.76. The maximum atomic E-state index is 13.4. The van der Waals surface area contributed by atoms with E-state index < -0.39 is 17.5 Å². The van der Waals surface area contributed by atoms with Crippen LogP contribution < -0.4 is 5.32 Å². The van der Waals surface area contributed by atoms with E-state index in [1.807, 2.05) is 4.57 Å². The second-order valence-corrected chi connectivity index (χ2v) is 4.62. The van der Waals surface area contributed by atoms with Crippen LogP contribution in [-0.4, -0.2) is 9.55 Å². The van der Waals surface area contributed by atoms with E-state index in [0.717, 1.165) is 24.6 Å². The molecule has 1 fully saturated rings. The Labute approximate surface area is 108 Å². The molecule has 1 heterocycles. The van der Waals surface area contributed by atoms with Gasteiger partial charge in [0.15, 0.2) is 11.6 Å². The van der Waals surface area contributed by atoms with E-state index in [4.69, 9.17) is 0 Å². The second kappa shape index (κ2) is 4.60. The van der Waals surface area contributed by atoms with Gasteiger partial charge >= 0.3 is 0 Å². The topological polar surface area (TPSA) is 29.9 Å². The summed E-state index contributed by atoms with van der Waals surface area (Å²) in [6, 6.07) is 1.83. The molecule has 2 aromatic rings. The number of benzene rings is 1. The van der Waals surface area contributed by atoms with Crippen LogP contribution in [0.5, 0.6) is 0 Å². The van der Waals surface area contributed by atoms with Crippen LogP contribution in [0, 0.1) is 17.5 Å². The summed E-state index contributed by atoms with van der Waals surface area (Å²) < 4.78 is 41.3. The minimum Gasteiger partial charge on any atom is -0.377 e. The average molecular weight is 267 g/mol. The molecule has 0 unspecified atom stereocenters. The minimum atomic E-state index is -1.19. The lowest BCUT2D eigenvalue weighted by Crippen LogP contribution is -2.07. The molecule has 1 aliphatic carbocycles. The van der Waals surface area contributed by atoms with Gasteiger partial charge in [-0.1, -0.05) is 0 Å². The number of hydrogen-bond acceptors (Lipinski definition) is 2. The number of imidazole rings is 1. The van der Waals surface area contributed by atoms with Crippen molar-refractivity contribution >= 4 is 5.69 Å². The summed E-state index contributed by atoms with van der Waals surface area (Å²) in [4.78, 5) is 4.04. The van der Waals surface area contributed by atoms with E-state index in [1.165, 1.54) is 0 Å². The van der Waals surface area contributed by atoms with E-state index in [1.54, 1.807) is 12.5 Å². The van der Waals surface area contributed by atoms with Crippen LogP contribution in [-0.2, 0) is 6.54 Å². The summed E-state index contributed by atoms with van der Waals surface area (Å²) in [6.45, 7) is 0.318. The molecule has 1 saturated carbocycles. The molecule has 3 nitrogen and oxygen atoms in total. The number of rotatable bonds is 4. The third-order valence-electron chi connectivity index (χ3n) is 3.16. The van der Waals surface area contributed by atoms with Crippen LogP contribution in [0.15, 0.2) is 24.7 Å². The van der Waals surface area contributed by atoms with E-state index in [2.05, 4.69) is 10.3 Å². The van der Waals surface area contributed by atoms with Crippen molar-refractivity contribution in [1.82, 2.24) is 9.55 Å². The lowest BCUT2D eigenvalue weighted by atomic mass is 10.2. The fraction of sp³-hybridized carbons (Fsp3) is 0.308. The van der Waals surface area contributed by atoms with Gasteiger partial charge < -0.3 is 9.88 Å². The maximum absolute atomic E-state index is 13.4. The molecule has 100 valence electrons. The Balaban J connectivity index is 1.75. The van der Waals surface area contributed by atoms with Gasteiger partial charge in [0.2, 0.25) is 0 Å². The van der Waals surface area contributed by atoms with E-state index in [9.17, 15) is 13.2 Å². The van der Waals surface area contributed by atoms with Gasteiger partial charge in [-0.25, -0.2) is 18.2 Å². The first-order valence-electron chi connectivity index (χ1n) is 6.04. The molecule has 0 spiro atoms. The van der Waals surface area contributed by atoms with Gasteiger partial charge in [-0.05, 0) is 12.8 Å². The minimum absolute atomic E-state index is 0.0533. The predicted molar refractivity (Wildman–Crippen MR) is 64.1 cm³/mol. The Morgan fingerprint density at radius 1 is 1.16 bits per heavy atom. The van der Waals surface area contributed by atoms with Crippen molar-refractivity contribution in [1.29, 1.82) is 0 Å². The first-order valence-corrected chi connectivity index (χ1v) is 6.04. The molecule has 0 atom stereocenters. The van der Waals surface area contributed by atoms with Crippen LogP contribution in [0.4, 0.5) is 18.9 Å². The number of halogens is 3. The highest BCUT2D eigenvalue weighted by Crippen LogP contribution is 2.35. The van der Waals surface area contributed by atoms with Gasteiger partial charge in [-0.15, -0.1) is 0 Å². The molecule has 3 rings (SSSR count). The van der Waals surface area contributed by atoms with Crippen LogP contribution in [0.1, 0.15) is 24.6 Å². The first kappa shape index (κ1) is 12.1. The van der Waals surface area contributed by atoms with E-state index >= 15 is 0 Å². The molecule has 0 radical (unpaired) electrons. The van der Waals surface area contributed by atoms with Crippen molar-refractivity contribution in [2.75, 3.05) is 5.32 Å². The zero-order chi connectivity index (χ0) is 13.4. The van der Waals surface area contributed by atoms with Gasteiger partial charge in [0.25, 0.3) is 0 Å². The van der Waals surface area contributed by atoms with Crippen molar-refractivity contribution in [2.45, 2.75) is 25.4 Å². The molecular formula is C13H12F3N3. The zero-order valence-corrected chi connectivity index (χ0v) is 10.0. The van der Waals surface area contributed by atoms with Crippen molar-refractivity contribution in [3.63, 3.8) is 0 Å². The van der Waals surface area contributed by atoms with Crippen LogP contribution >= 0.6 is 0 Å². The Morgan fingerprint density at radius 3 is 2.63 bits per heavy atom. The summed E-state index contributed by atoms with van der Waals surface area (Å²) in [6.07, 6.45) is 5.64. The third kappa shape index (κ3) is 2.43. The van der Waals surface area contributed by atoms with E-state index in [0.29, 0.717) is 18.7 Å². The smallest absolute Gasteiger partial charge is 0.161 e. The number of anilines is 1. The van der Waals surface area contributed by atoms with Crippen molar-refractivity contribution in [2.24, 2.45) is 0 Å². The highest BCUT2D eigenvalue weighted by atomic mass is 19.2. The molecule has 6 heteroatoms. The monoisotopic (exact) mass is 267 g/mol. The molecular weight excluding hydrogens is 255 g/mol. The molecule has 1 aliphatic rings. The van der Waals surface area contributed by atoms with Crippen LogP contribution in [0.2, 0.25) is 0 Å². The number of nitrogens with zero attached hydrogens (tertiary/aromatic N) is 2. The second-order valence-electron chi connectivity index (χ2n) is 4.62. The summed E-state index contributed by atoms with van der Waals surface area (Å²) >= 11 is 0. The molecule has 19 heavy (non-hydrogen) atoms. The van der Waals surface area contributed by atoms with Crippen molar-refractivity contribution in [3.05, 3.63) is 47.8 Å². The first-order chi connectivity index (χ1) is 9.15. The summed E-state index contributed by atoms with van der Waals surface area (Å²) in [5.41, 5.74) is 0.842. The standard InChI is InChI=1S/C13H12F3N3/c14-10-3-12(16)13(4-11(10)15)18-6-9-5-17-7-19(9)8-1-2-8/h3-5,7-8,18H,1-2,6H2. The predicted octanol–water partition coefficient (Wildman–Crippen LogP) is 3.25. The van der Waals surface area contributed by atoms with Crippen LogP contribution in [0.3, 0.4) is 0 Å². The zero-order valence-electron chi connectivity index (χ0n) is 10.0. The molecule has 0 saturated heterocycles. The molecule has 1 aromatic heterocycles. The van der Waals surface area contributed by atoms with Gasteiger partial charge in [-0.3, -0.25) is 0 Å². The Kier molecular flexibility index (Phi) is 2.93. The van der Waals surface area contributed by atoms with Gasteiger partial charge in [0.1, 0.15) is 5.82 Å². The van der Waals surface area contributed by atoms with E-state index in [-0.39, 0.29) is 5.69 Å². The molecule has 0 bridgehead atoms. The number of hydrogen-bond donors (Lipinski definition) is 1. The largest absolute Gasteiger partial charge is 0.377 e. The SMILES string of the molecule is Fc1cc(F)c(NCc2cncn2C2CC2)cc1F. The highest BCUT2D eigenvalue weighted by molar-refractivity contribution is 5.45. The molecule has 0 amide bonds. The lowest BCUT2D eigenvalue weighted by Gasteiger charge is -2.10. The Bertz CT molecular complexity index is 605. The third-order valence-corrected chi connectivity index (χ3v) is 3.16.